The SMILES string of the molecule is CC(=O)N[C@@H](CS)C1(O)OO1. The molecule has 0 bridgehead atoms. The van der Waals surface area contributed by atoms with Gasteiger partial charge in [-0.05, 0) is 0 Å². The third-order valence-electron chi connectivity index (χ3n) is 1.25. The molecule has 64 valence electrons. The molecule has 11 heavy (non-hydrogen) atoms. The van der Waals surface area contributed by atoms with Gasteiger partial charge in [0, 0.05) is 12.7 Å². The van der Waals surface area contributed by atoms with E-state index >= 15 is 0 Å². The monoisotopic (exact) mass is 179 g/mol. The molecule has 1 aliphatic rings. The Bertz CT molecular complexity index is 170. The van der Waals surface area contributed by atoms with E-state index in [9.17, 15) is 4.79 Å². The van der Waals surface area contributed by atoms with Gasteiger partial charge in [-0.2, -0.15) is 22.4 Å². The van der Waals surface area contributed by atoms with Crippen LogP contribution in [-0.4, -0.2) is 28.8 Å². The van der Waals surface area contributed by atoms with Crippen LogP contribution in [0.2, 0.25) is 0 Å². The second-order valence-electron chi connectivity index (χ2n) is 2.23. The van der Waals surface area contributed by atoms with Crippen LogP contribution >= 0.6 is 12.6 Å². The molecule has 6 heteroatoms. The molecule has 1 aliphatic heterocycles. The zero-order valence-electron chi connectivity index (χ0n) is 5.90. The quantitative estimate of drug-likeness (QED) is 0.296. The van der Waals surface area contributed by atoms with Crippen LogP contribution in [0.3, 0.4) is 0 Å². The summed E-state index contributed by atoms with van der Waals surface area (Å²) in [6.45, 7) is 1.34. The van der Waals surface area contributed by atoms with Crippen molar-refractivity contribution in [2.45, 2.75) is 18.9 Å². The molecular weight excluding hydrogens is 170 g/mol. The Hall–Kier alpha value is -0.300. The molecule has 0 aliphatic carbocycles. The molecule has 0 spiro atoms. The average Bonchev–Trinajstić information content (AvgIpc) is 2.63. The molecule has 1 fully saturated rings. The van der Waals surface area contributed by atoms with Crippen molar-refractivity contribution < 1.29 is 19.7 Å². The van der Waals surface area contributed by atoms with Crippen LogP contribution in [0, 0.1) is 0 Å². The minimum Gasteiger partial charge on any atom is -0.345 e. The molecule has 0 aromatic carbocycles. The Labute approximate surface area is 69.0 Å². The van der Waals surface area contributed by atoms with Crippen LogP contribution in [0.25, 0.3) is 0 Å². The number of hydrogen-bond donors (Lipinski definition) is 3. The molecule has 1 amide bonds. The first-order chi connectivity index (χ1) is 5.08. The first-order valence-electron chi connectivity index (χ1n) is 3.05. The molecule has 1 atom stereocenters. The van der Waals surface area contributed by atoms with Gasteiger partial charge in [0.15, 0.2) is 0 Å². The standard InChI is InChI=1S/C5H9NO4S/c1-3(7)6-4(2-11)5(8)9-10-5/h4,8,11H,2H2,1H3,(H,6,7)/t4-/m0/s1. The molecule has 0 aromatic heterocycles. The number of carbonyl (C=O) groups excluding carboxylic acids is 1. The van der Waals surface area contributed by atoms with Crippen molar-refractivity contribution in [3.05, 3.63) is 0 Å². The number of amides is 1. The predicted molar refractivity (Wildman–Crippen MR) is 38.6 cm³/mol. The fourth-order valence-electron chi connectivity index (χ4n) is 0.656. The normalized spacial score (nSPS) is 22.5. The summed E-state index contributed by atoms with van der Waals surface area (Å²) in [4.78, 5) is 19.0. The summed E-state index contributed by atoms with van der Waals surface area (Å²) in [6.07, 6.45) is 0. The van der Waals surface area contributed by atoms with Crippen molar-refractivity contribution in [1.82, 2.24) is 5.32 Å². The molecule has 0 radical (unpaired) electrons. The fourth-order valence-corrected chi connectivity index (χ4v) is 0.978. The van der Waals surface area contributed by atoms with E-state index in [2.05, 4.69) is 27.7 Å². The van der Waals surface area contributed by atoms with Gasteiger partial charge in [0.2, 0.25) is 5.91 Å². The number of thiol groups is 1. The maximum absolute atomic E-state index is 10.5. The number of aliphatic hydroxyl groups is 1. The lowest BCUT2D eigenvalue weighted by Crippen LogP contribution is -2.46. The minimum atomic E-state index is -1.66. The molecule has 5 nitrogen and oxygen atoms in total. The summed E-state index contributed by atoms with van der Waals surface area (Å²) < 4.78 is 0. The van der Waals surface area contributed by atoms with Gasteiger partial charge >= 0.3 is 5.97 Å². The smallest absolute Gasteiger partial charge is 0.345 e. The molecule has 1 saturated heterocycles. The van der Waals surface area contributed by atoms with E-state index in [0.29, 0.717) is 0 Å². The second-order valence-corrected chi connectivity index (χ2v) is 2.60. The van der Waals surface area contributed by atoms with Crippen LogP contribution in [-0.2, 0) is 14.6 Å². The Balaban J connectivity index is 2.43. The van der Waals surface area contributed by atoms with Gasteiger partial charge < -0.3 is 10.4 Å². The van der Waals surface area contributed by atoms with Gasteiger partial charge in [-0.25, -0.2) is 0 Å². The Morgan fingerprint density at radius 1 is 1.82 bits per heavy atom. The Morgan fingerprint density at radius 2 is 2.36 bits per heavy atom. The third-order valence-corrected chi connectivity index (χ3v) is 1.62. The zero-order chi connectivity index (χ0) is 8.48. The Kier molecular flexibility index (Phi) is 2.38. The first kappa shape index (κ1) is 8.79. The summed E-state index contributed by atoms with van der Waals surface area (Å²) in [5.74, 6) is -1.68. The Morgan fingerprint density at radius 3 is 2.64 bits per heavy atom. The van der Waals surface area contributed by atoms with Gasteiger partial charge in [-0.3, -0.25) is 4.79 Å². The van der Waals surface area contributed by atoms with E-state index in [-0.39, 0.29) is 11.7 Å². The van der Waals surface area contributed by atoms with E-state index in [0.717, 1.165) is 0 Å². The van der Waals surface area contributed by atoms with E-state index in [1.54, 1.807) is 0 Å². The third kappa shape index (κ3) is 2.06. The van der Waals surface area contributed by atoms with Crippen molar-refractivity contribution in [1.29, 1.82) is 0 Å². The molecule has 0 unspecified atom stereocenters. The fraction of sp³-hybridized carbons (Fsp3) is 0.800. The van der Waals surface area contributed by atoms with Crippen LogP contribution in [0.1, 0.15) is 6.92 Å². The lowest BCUT2D eigenvalue weighted by molar-refractivity contribution is -0.122. The van der Waals surface area contributed by atoms with E-state index < -0.39 is 12.0 Å². The lowest BCUT2D eigenvalue weighted by Gasteiger charge is -2.13. The second kappa shape index (κ2) is 2.98. The lowest BCUT2D eigenvalue weighted by atomic mass is 10.3. The van der Waals surface area contributed by atoms with Crippen molar-refractivity contribution in [2.24, 2.45) is 0 Å². The average molecular weight is 179 g/mol. The van der Waals surface area contributed by atoms with Crippen LogP contribution in [0.4, 0.5) is 0 Å². The van der Waals surface area contributed by atoms with E-state index in [1.165, 1.54) is 6.92 Å². The van der Waals surface area contributed by atoms with Gasteiger partial charge in [-0.15, -0.1) is 0 Å². The highest BCUT2D eigenvalue weighted by atomic mass is 32.1. The van der Waals surface area contributed by atoms with Crippen LogP contribution in [0.5, 0.6) is 0 Å². The van der Waals surface area contributed by atoms with Crippen molar-refractivity contribution in [3.8, 4) is 0 Å². The van der Waals surface area contributed by atoms with Crippen molar-refractivity contribution in [3.63, 3.8) is 0 Å². The van der Waals surface area contributed by atoms with Gasteiger partial charge in [-0.1, -0.05) is 0 Å². The summed E-state index contributed by atoms with van der Waals surface area (Å²) in [7, 11) is 0. The molecule has 0 saturated carbocycles. The first-order valence-corrected chi connectivity index (χ1v) is 3.69. The summed E-state index contributed by atoms with van der Waals surface area (Å²) in [6, 6.07) is -0.622. The number of carbonyl (C=O) groups is 1. The maximum atomic E-state index is 10.5. The molecule has 1 heterocycles. The highest BCUT2D eigenvalue weighted by Crippen LogP contribution is 2.30. The summed E-state index contributed by atoms with van der Waals surface area (Å²) in [5, 5.41) is 11.5. The van der Waals surface area contributed by atoms with Crippen LogP contribution < -0.4 is 5.32 Å². The van der Waals surface area contributed by atoms with Crippen molar-refractivity contribution >= 4 is 18.5 Å². The van der Waals surface area contributed by atoms with Gasteiger partial charge in [0.25, 0.3) is 0 Å². The highest BCUT2D eigenvalue weighted by Gasteiger charge is 2.54. The van der Waals surface area contributed by atoms with Gasteiger partial charge in [0.05, 0.1) is 0 Å². The van der Waals surface area contributed by atoms with Gasteiger partial charge in [0.1, 0.15) is 6.04 Å². The van der Waals surface area contributed by atoms with Crippen LogP contribution in [0.15, 0.2) is 0 Å². The molecule has 1 rings (SSSR count). The highest BCUT2D eigenvalue weighted by molar-refractivity contribution is 7.80. The van der Waals surface area contributed by atoms with E-state index in [4.69, 9.17) is 5.11 Å². The summed E-state index contributed by atoms with van der Waals surface area (Å²) in [5.41, 5.74) is 0. The number of hydrogen-bond acceptors (Lipinski definition) is 5. The maximum Gasteiger partial charge on any atom is 0.358 e. The molecule has 0 aromatic rings. The summed E-state index contributed by atoms with van der Waals surface area (Å²) >= 11 is 3.89. The largest absolute Gasteiger partial charge is 0.358 e. The number of nitrogens with one attached hydrogen (secondary N) is 1. The topological polar surface area (TPSA) is 74.4 Å². The van der Waals surface area contributed by atoms with E-state index in [1.807, 2.05) is 0 Å². The zero-order valence-corrected chi connectivity index (χ0v) is 6.80. The number of rotatable bonds is 3. The molecular formula is C5H9NO4S. The predicted octanol–water partition coefficient (Wildman–Crippen LogP) is -0.971. The molecule has 2 N–H and O–H groups in total. The van der Waals surface area contributed by atoms with Crippen molar-refractivity contribution in [2.75, 3.05) is 5.75 Å². The minimum absolute atomic E-state index is 0.246.